The highest BCUT2D eigenvalue weighted by atomic mass is 16.6. The largest absolute Gasteiger partial charge is 0.462 e. The third-order valence-electron chi connectivity index (χ3n) is 6.06. The molecule has 0 aromatic carbocycles. The van der Waals surface area contributed by atoms with E-state index in [0.717, 1.165) is 64.2 Å². The van der Waals surface area contributed by atoms with Crippen LogP contribution in [0.1, 0.15) is 117 Å². The molecular formula is C26H50O8. The Morgan fingerprint density at radius 3 is 1.50 bits per heavy atom. The maximum absolute atomic E-state index is 12.0. The summed E-state index contributed by atoms with van der Waals surface area (Å²) >= 11 is 0. The lowest BCUT2D eigenvalue weighted by Gasteiger charge is -2.16. The van der Waals surface area contributed by atoms with E-state index in [0.29, 0.717) is 32.1 Å². The Bertz CT molecular complexity index is 509. The van der Waals surface area contributed by atoms with Crippen LogP contribution in [0.3, 0.4) is 0 Å². The molecule has 0 fully saturated rings. The molecule has 0 saturated carbocycles. The van der Waals surface area contributed by atoms with Crippen LogP contribution in [0.2, 0.25) is 0 Å². The topological polar surface area (TPSA) is 134 Å². The molecule has 0 aromatic heterocycles. The summed E-state index contributed by atoms with van der Waals surface area (Å²) in [5, 5.41) is 37.6. The van der Waals surface area contributed by atoms with Gasteiger partial charge in [0.25, 0.3) is 0 Å². The fourth-order valence-electron chi connectivity index (χ4n) is 3.53. The van der Waals surface area contributed by atoms with Gasteiger partial charge < -0.3 is 29.9 Å². The molecule has 0 saturated heterocycles. The minimum absolute atomic E-state index is 0.0872. The monoisotopic (exact) mass is 490 g/mol. The van der Waals surface area contributed by atoms with E-state index in [1.54, 1.807) is 13.8 Å². The second-order valence-electron chi connectivity index (χ2n) is 9.43. The Kier molecular flexibility index (Phi) is 20.3. The van der Waals surface area contributed by atoms with Gasteiger partial charge >= 0.3 is 11.9 Å². The van der Waals surface area contributed by atoms with Gasteiger partial charge in [-0.3, -0.25) is 9.59 Å². The van der Waals surface area contributed by atoms with Crippen LogP contribution in [-0.2, 0) is 19.1 Å². The summed E-state index contributed by atoms with van der Waals surface area (Å²) < 4.78 is 10.7. The van der Waals surface area contributed by atoms with Gasteiger partial charge in [-0.25, -0.2) is 0 Å². The molecule has 34 heavy (non-hydrogen) atoms. The Morgan fingerprint density at radius 1 is 0.647 bits per heavy atom. The summed E-state index contributed by atoms with van der Waals surface area (Å²) in [6.07, 6.45) is 8.19. The maximum atomic E-state index is 12.0. The first-order valence-corrected chi connectivity index (χ1v) is 13.2. The Balaban J connectivity index is 3.73. The number of rotatable bonds is 22. The highest BCUT2D eigenvalue weighted by molar-refractivity contribution is 5.70. The molecule has 202 valence electrons. The second-order valence-corrected chi connectivity index (χ2v) is 9.43. The molecule has 0 aliphatic carbocycles. The fourth-order valence-corrected chi connectivity index (χ4v) is 3.53. The van der Waals surface area contributed by atoms with Gasteiger partial charge in [0.05, 0.1) is 24.4 Å². The number of esters is 2. The van der Waals surface area contributed by atoms with Crippen molar-refractivity contribution in [2.24, 2.45) is 0 Å². The number of hydrogen-bond donors (Lipinski definition) is 4. The van der Waals surface area contributed by atoms with Crippen LogP contribution in [0.15, 0.2) is 0 Å². The van der Waals surface area contributed by atoms with E-state index in [4.69, 9.17) is 9.47 Å². The van der Waals surface area contributed by atoms with Gasteiger partial charge in [-0.1, -0.05) is 58.3 Å². The molecule has 0 aliphatic rings. The van der Waals surface area contributed by atoms with E-state index < -0.39 is 30.5 Å². The molecule has 8 nitrogen and oxygen atoms in total. The predicted molar refractivity (Wildman–Crippen MR) is 131 cm³/mol. The van der Waals surface area contributed by atoms with E-state index in [1.165, 1.54) is 0 Å². The van der Waals surface area contributed by atoms with Crippen LogP contribution in [0.25, 0.3) is 0 Å². The minimum atomic E-state index is -0.695. The summed E-state index contributed by atoms with van der Waals surface area (Å²) in [6, 6.07) is 0. The Morgan fingerprint density at radius 2 is 1.06 bits per heavy atom. The Hall–Kier alpha value is -1.22. The maximum Gasteiger partial charge on any atom is 0.306 e. The normalized spacial score (nSPS) is 15.9. The smallest absolute Gasteiger partial charge is 0.306 e. The number of hydrogen-bond acceptors (Lipinski definition) is 8. The minimum Gasteiger partial charge on any atom is -0.462 e. The average molecular weight is 491 g/mol. The van der Waals surface area contributed by atoms with Crippen LogP contribution < -0.4 is 0 Å². The van der Waals surface area contributed by atoms with Gasteiger partial charge in [0.15, 0.2) is 0 Å². The number of aliphatic hydroxyl groups is 4. The zero-order valence-electron chi connectivity index (χ0n) is 21.6. The zero-order chi connectivity index (χ0) is 25.8. The molecule has 4 N–H and O–H groups in total. The highest BCUT2D eigenvalue weighted by Crippen LogP contribution is 2.13. The number of ether oxygens (including phenoxy) is 2. The van der Waals surface area contributed by atoms with Crippen molar-refractivity contribution in [2.75, 3.05) is 6.61 Å². The molecule has 0 rings (SSSR count). The summed E-state index contributed by atoms with van der Waals surface area (Å²) in [5.41, 5.74) is 0. The first kappa shape index (κ1) is 32.8. The molecule has 0 radical (unpaired) electrons. The van der Waals surface area contributed by atoms with Crippen LogP contribution in [0.5, 0.6) is 0 Å². The lowest BCUT2D eigenvalue weighted by molar-refractivity contribution is -0.159. The first-order chi connectivity index (χ1) is 16.2. The van der Waals surface area contributed by atoms with Crippen LogP contribution >= 0.6 is 0 Å². The standard InChI is InChI=1S/C26H50O8/c1-4-22(34-26(32)18-14-10-6-8-12-16-24(30)21(3)28)19-33-25(31)17-13-9-5-7-11-15-23(29)20(2)27/h20-24,27-30H,4-19H2,1-3H3. The molecule has 0 heterocycles. The molecule has 0 aromatic rings. The fraction of sp³-hybridized carbons (Fsp3) is 0.923. The van der Waals surface area contributed by atoms with Crippen molar-refractivity contribution < 1.29 is 39.5 Å². The van der Waals surface area contributed by atoms with Gasteiger partial charge in [-0.05, 0) is 46.0 Å². The van der Waals surface area contributed by atoms with Gasteiger partial charge in [0, 0.05) is 12.8 Å². The number of unbranched alkanes of at least 4 members (excludes halogenated alkanes) is 8. The molecule has 0 amide bonds. The van der Waals surface area contributed by atoms with Gasteiger partial charge in [0.1, 0.15) is 12.7 Å². The third-order valence-corrected chi connectivity index (χ3v) is 6.06. The number of carbonyl (C=O) groups excluding carboxylic acids is 2. The van der Waals surface area contributed by atoms with Crippen LogP contribution in [0, 0.1) is 0 Å². The average Bonchev–Trinajstić information content (AvgIpc) is 2.79. The van der Waals surface area contributed by atoms with Crippen molar-refractivity contribution in [1.82, 2.24) is 0 Å². The summed E-state index contributed by atoms with van der Waals surface area (Å²) in [7, 11) is 0. The summed E-state index contributed by atoms with van der Waals surface area (Å²) in [4.78, 5) is 24.0. The molecule has 5 unspecified atom stereocenters. The summed E-state index contributed by atoms with van der Waals surface area (Å²) in [6.45, 7) is 5.14. The Labute approximate surface area is 206 Å². The number of carbonyl (C=O) groups is 2. The SMILES string of the molecule is CCC(COC(=O)CCCCCCCC(O)C(C)O)OC(=O)CCCCCCCC(O)C(C)O. The van der Waals surface area contributed by atoms with E-state index in [9.17, 15) is 30.0 Å². The molecule has 0 aliphatic heterocycles. The van der Waals surface area contributed by atoms with E-state index in [1.807, 2.05) is 6.92 Å². The second kappa shape index (κ2) is 21.1. The van der Waals surface area contributed by atoms with Crippen molar-refractivity contribution in [3.63, 3.8) is 0 Å². The van der Waals surface area contributed by atoms with Crippen molar-refractivity contribution in [3.8, 4) is 0 Å². The molecule has 8 heteroatoms. The van der Waals surface area contributed by atoms with Gasteiger partial charge in [0.2, 0.25) is 0 Å². The van der Waals surface area contributed by atoms with E-state index in [2.05, 4.69) is 0 Å². The van der Waals surface area contributed by atoms with Crippen molar-refractivity contribution in [2.45, 2.75) is 148 Å². The zero-order valence-corrected chi connectivity index (χ0v) is 21.6. The van der Waals surface area contributed by atoms with Crippen molar-refractivity contribution >= 4 is 11.9 Å². The highest BCUT2D eigenvalue weighted by Gasteiger charge is 2.15. The lowest BCUT2D eigenvalue weighted by atomic mass is 10.0. The van der Waals surface area contributed by atoms with Crippen molar-refractivity contribution in [3.05, 3.63) is 0 Å². The molecule has 5 atom stereocenters. The van der Waals surface area contributed by atoms with Gasteiger partial charge in [-0.15, -0.1) is 0 Å². The molecular weight excluding hydrogens is 440 g/mol. The number of aliphatic hydroxyl groups excluding tert-OH is 4. The van der Waals surface area contributed by atoms with Crippen molar-refractivity contribution in [1.29, 1.82) is 0 Å². The third kappa shape index (κ3) is 19.1. The molecule has 0 spiro atoms. The first-order valence-electron chi connectivity index (χ1n) is 13.2. The van der Waals surface area contributed by atoms with E-state index in [-0.39, 0.29) is 18.5 Å². The lowest BCUT2D eigenvalue weighted by Crippen LogP contribution is -2.24. The van der Waals surface area contributed by atoms with E-state index >= 15 is 0 Å². The van der Waals surface area contributed by atoms with Crippen LogP contribution in [0.4, 0.5) is 0 Å². The quantitative estimate of drug-likeness (QED) is 0.133. The van der Waals surface area contributed by atoms with Gasteiger partial charge in [-0.2, -0.15) is 0 Å². The molecule has 0 bridgehead atoms. The van der Waals surface area contributed by atoms with Crippen LogP contribution in [-0.4, -0.2) is 69.5 Å². The predicted octanol–water partition coefficient (Wildman–Crippen LogP) is 3.80. The summed E-state index contributed by atoms with van der Waals surface area (Å²) in [5.74, 6) is -0.548.